The van der Waals surface area contributed by atoms with Crippen molar-refractivity contribution in [2.75, 3.05) is 19.7 Å². The standard InChI is InChI=1S/C10H14ClN3O2/c1-7-2-12-3-8(16-7)5-15-10-9(11)4-13-6-14-10/h4,6-8,12H,2-3,5H2,1H3. The summed E-state index contributed by atoms with van der Waals surface area (Å²) in [5.74, 6) is 0.401. The van der Waals surface area contributed by atoms with E-state index in [1.807, 2.05) is 6.92 Å². The maximum absolute atomic E-state index is 5.86. The van der Waals surface area contributed by atoms with Crippen molar-refractivity contribution < 1.29 is 9.47 Å². The molecule has 2 unspecified atom stereocenters. The molecule has 1 aromatic heterocycles. The number of hydrogen-bond acceptors (Lipinski definition) is 5. The summed E-state index contributed by atoms with van der Waals surface area (Å²) in [6.07, 6.45) is 3.16. The normalized spacial score (nSPS) is 25.4. The highest BCUT2D eigenvalue weighted by Crippen LogP contribution is 2.19. The van der Waals surface area contributed by atoms with E-state index in [1.165, 1.54) is 12.5 Å². The van der Waals surface area contributed by atoms with Crippen molar-refractivity contribution in [1.82, 2.24) is 15.3 Å². The Morgan fingerprint density at radius 1 is 1.62 bits per heavy atom. The molecule has 16 heavy (non-hydrogen) atoms. The lowest BCUT2D eigenvalue weighted by molar-refractivity contribution is -0.0476. The lowest BCUT2D eigenvalue weighted by Crippen LogP contribution is -2.45. The summed E-state index contributed by atoms with van der Waals surface area (Å²) in [6.45, 7) is 4.13. The van der Waals surface area contributed by atoms with E-state index in [-0.39, 0.29) is 12.2 Å². The zero-order chi connectivity index (χ0) is 11.4. The van der Waals surface area contributed by atoms with Gasteiger partial charge in [-0.15, -0.1) is 0 Å². The van der Waals surface area contributed by atoms with E-state index in [1.54, 1.807) is 0 Å². The van der Waals surface area contributed by atoms with Crippen LogP contribution < -0.4 is 10.1 Å². The van der Waals surface area contributed by atoms with Crippen LogP contribution in [0.4, 0.5) is 0 Å². The molecule has 88 valence electrons. The highest BCUT2D eigenvalue weighted by molar-refractivity contribution is 6.31. The molecule has 0 saturated carbocycles. The summed E-state index contributed by atoms with van der Waals surface area (Å²) in [6, 6.07) is 0. The third kappa shape index (κ3) is 3.04. The van der Waals surface area contributed by atoms with Crippen LogP contribution in [0.1, 0.15) is 6.92 Å². The molecular weight excluding hydrogens is 230 g/mol. The first-order chi connectivity index (χ1) is 7.75. The monoisotopic (exact) mass is 243 g/mol. The van der Waals surface area contributed by atoms with Crippen LogP contribution in [0, 0.1) is 0 Å². The van der Waals surface area contributed by atoms with Gasteiger partial charge >= 0.3 is 0 Å². The minimum atomic E-state index is 0.0368. The molecule has 0 radical (unpaired) electrons. The summed E-state index contributed by atoms with van der Waals surface area (Å²) in [4.78, 5) is 7.73. The number of rotatable bonds is 3. The van der Waals surface area contributed by atoms with Crippen molar-refractivity contribution in [1.29, 1.82) is 0 Å². The van der Waals surface area contributed by atoms with Gasteiger partial charge in [0.25, 0.3) is 0 Å². The lowest BCUT2D eigenvalue weighted by Gasteiger charge is -2.28. The smallest absolute Gasteiger partial charge is 0.235 e. The van der Waals surface area contributed by atoms with Gasteiger partial charge in [0.2, 0.25) is 5.88 Å². The Morgan fingerprint density at radius 3 is 3.25 bits per heavy atom. The van der Waals surface area contributed by atoms with Gasteiger partial charge in [0.1, 0.15) is 24.1 Å². The molecule has 1 fully saturated rings. The first-order valence-corrected chi connectivity index (χ1v) is 5.58. The Morgan fingerprint density at radius 2 is 2.50 bits per heavy atom. The van der Waals surface area contributed by atoms with Gasteiger partial charge in [-0.2, -0.15) is 0 Å². The number of aromatic nitrogens is 2. The van der Waals surface area contributed by atoms with Crippen LogP contribution in [0.3, 0.4) is 0 Å². The minimum absolute atomic E-state index is 0.0368. The van der Waals surface area contributed by atoms with Crippen LogP contribution in [0.2, 0.25) is 5.02 Å². The Balaban J connectivity index is 1.85. The molecule has 1 aliphatic rings. The largest absolute Gasteiger partial charge is 0.474 e. The molecule has 0 aliphatic carbocycles. The van der Waals surface area contributed by atoms with Crippen LogP contribution >= 0.6 is 11.6 Å². The molecule has 2 heterocycles. The maximum Gasteiger partial charge on any atom is 0.235 e. The summed E-state index contributed by atoms with van der Waals surface area (Å²) in [5, 5.41) is 3.68. The van der Waals surface area contributed by atoms with E-state index in [0.29, 0.717) is 17.5 Å². The van der Waals surface area contributed by atoms with E-state index in [0.717, 1.165) is 13.1 Å². The zero-order valence-electron chi connectivity index (χ0n) is 9.02. The third-order valence-corrected chi connectivity index (χ3v) is 2.53. The SMILES string of the molecule is CC1CNCC(COc2ncncc2Cl)O1. The van der Waals surface area contributed by atoms with Crippen molar-refractivity contribution in [2.45, 2.75) is 19.1 Å². The fourth-order valence-electron chi connectivity index (χ4n) is 1.55. The first-order valence-electron chi connectivity index (χ1n) is 5.20. The van der Waals surface area contributed by atoms with Crippen molar-refractivity contribution in [3.05, 3.63) is 17.5 Å². The van der Waals surface area contributed by atoms with Gasteiger partial charge < -0.3 is 14.8 Å². The van der Waals surface area contributed by atoms with Crippen molar-refractivity contribution in [3.8, 4) is 5.88 Å². The van der Waals surface area contributed by atoms with E-state index in [4.69, 9.17) is 21.1 Å². The van der Waals surface area contributed by atoms with Gasteiger partial charge in [0.05, 0.1) is 12.3 Å². The van der Waals surface area contributed by atoms with Crippen molar-refractivity contribution in [3.63, 3.8) is 0 Å². The Kier molecular flexibility index (Phi) is 3.93. The number of halogens is 1. The molecule has 2 rings (SSSR count). The summed E-state index contributed by atoms with van der Waals surface area (Å²) in [5.41, 5.74) is 0. The molecule has 1 aliphatic heterocycles. The molecule has 2 atom stereocenters. The predicted octanol–water partition coefficient (Wildman–Crippen LogP) is 0.886. The van der Waals surface area contributed by atoms with E-state index in [2.05, 4.69) is 15.3 Å². The van der Waals surface area contributed by atoms with Gasteiger partial charge in [-0.25, -0.2) is 9.97 Å². The second kappa shape index (κ2) is 5.43. The fraction of sp³-hybridized carbons (Fsp3) is 0.600. The molecule has 0 aromatic carbocycles. The van der Waals surface area contributed by atoms with E-state index < -0.39 is 0 Å². The molecule has 0 amide bonds. The molecule has 1 aromatic rings. The second-order valence-corrected chi connectivity index (χ2v) is 4.12. The van der Waals surface area contributed by atoms with E-state index in [9.17, 15) is 0 Å². The van der Waals surface area contributed by atoms with Crippen LogP contribution in [-0.4, -0.2) is 41.9 Å². The minimum Gasteiger partial charge on any atom is -0.474 e. The highest BCUT2D eigenvalue weighted by Gasteiger charge is 2.19. The van der Waals surface area contributed by atoms with Gasteiger partial charge in [-0.05, 0) is 6.92 Å². The molecule has 5 nitrogen and oxygen atoms in total. The number of morpholine rings is 1. The summed E-state index contributed by atoms with van der Waals surface area (Å²) >= 11 is 5.86. The van der Waals surface area contributed by atoms with Gasteiger partial charge in [0.15, 0.2) is 0 Å². The molecule has 1 N–H and O–H groups in total. The molecule has 0 spiro atoms. The molecule has 6 heteroatoms. The lowest BCUT2D eigenvalue weighted by atomic mass is 10.2. The van der Waals surface area contributed by atoms with Gasteiger partial charge in [-0.3, -0.25) is 0 Å². The van der Waals surface area contributed by atoms with Crippen LogP contribution in [0.15, 0.2) is 12.5 Å². The van der Waals surface area contributed by atoms with Crippen LogP contribution in [0.25, 0.3) is 0 Å². The number of ether oxygens (including phenoxy) is 2. The topological polar surface area (TPSA) is 56.3 Å². The summed E-state index contributed by atoms with van der Waals surface area (Å²) in [7, 11) is 0. The summed E-state index contributed by atoms with van der Waals surface area (Å²) < 4.78 is 11.2. The highest BCUT2D eigenvalue weighted by atomic mass is 35.5. The Hall–Kier alpha value is -0.910. The zero-order valence-corrected chi connectivity index (χ0v) is 9.78. The predicted molar refractivity (Wildman–Crippen MR) is 59.7 cm³/mol. The quantitative estimate of drug-likeness (QED) is 0.854. The van der Waals surface area contributed by atoms with Crippen molar-refractivity contribution in [2.24, 2.45) is 0 Å². The van der Waals surface area contributed by atoms with Gasteiger partial charge in [0, 0.05) is 13.1 Å². The number of nitrogens with one attached hydrogen (secondary N) is 1. The Bertz CT molecular complexity index is 351. The molecule has 0 bridgehead atoms. The second-order valence-electron chi connectivity index (χ2n) is 3.71. The van der Waals surface area contributed by atoms with Gasteiger partial charge in [-0.1, -0.05) is 11.6 Å². The van der Waals surface area contributed by atoms with Crippen molar-refractivity contribution >= 4 is 11.6 Å². The number of hydrogen-bond donors (Lipinski definition) is 1. The fourth-order valence-corrected chi connectivity index (χ4v) is 1.71. The van der Waals surface area contributed by atoms with Crippen LogP contribution in [0.5, 0.6) is 5.88 Å². The molecule has 1 saturated heterocycles. The van der Waals surface area contributed by atoms with Crippen LogP contribution in [-0.2, 0) is 4.74 Å². The molecular formula is C10H14ClN3O2. The average Bonchev–Trinajstić information content (AvgIpc) is 2.28. The maximum atomic E-state index is 5.86. The Labute approximate surface area is 99.1 Å². The number of nitrogens with zero attached hydrogens (tertiary/aromatic N) is 2. The van der Waals surface area contributed by atoms with E-state index >= 15 is 0 Å². The third-order valence-electron chi connectivity index (χ3n) is 2.27. The average molecular weight is 244 g/mol. The first kappa shape index (κ1) is 11.6.